The van der Waals surface area contributed by atoms with E-state index >= 15 is 0 Å². The Hall–Kier alpha value is -0.600. The molecule has 0 rings (SSSR count). The van der Waals surface area contributed by atoms with Crippen molar-refractivity contribution in [2.75, 3.05) is 0 Å². The smallest absolute Gasteiger partial charge is 0.207 e. The van der Waals surface area contributed by atoms with Crippen molar-refractivity contribution < 1.29 is 6.29 Å². The molecule has 36 valence electrons. The first-order valence-corrected chi connectivity index (χ1v) is 1.59. The summed E-state index contributed by atoms with van der Waals surface area (Å²) in [5, 5.41) is 9.64. The van der Waals surface area contributed by atoms with Gasteiger partial charge in [-0.25, -0.2) is 0 Å². The summed E-state index contributed by atoms with van der Waals surface area (Å²) >= 11 is 0. The molecule has 0 N–H and O–H groups in total. The molecular weight excluding hydrogens is 82.0 g/mol. The van der Waals surface area contributed by atoms with Crippen LogP contribution in [-0.2, 0) is 0 Å². The summed E-state index contributed by atoms with van der Waals surface area (Å²) in [5.41, 5.74) is 0. The minimum Gasteiger partial charge on any atom is -0.264 e. The van der Waals surface area contributed by atoms with Crippen LogP contribution in [0.4, 0.5) is 0 Å². The molecule has 0 aliphatic rings. The van der Waals surface area contributed by atoms with E-state index in [0.717, 1.165) is 0 Å². The highest BCUT2D eigenvalue weighted by molar-refractivity contribution is 4.28. The third-order valence-electron chi connectivity index (χ3n) is 0.365. The van der Waals surface area contributed by atoms with Crippen LogP contribution in [-0.4, -0.2) is 10.9 Å². The Kier molecular flexibility index (Phi) is 1.04. The van der Waals surface area contributed by atoms with Crippen LogP contribution in [0.3, 0.4) is 0 Å². The molecule has 0 heterocycles. The number of rotatable bonds is 1. The molecule has 0 aromatic rings. The predicted molar refractivity (Wildman–Crippen MR) is 22.1 cm³/mol. The fourth-order valence-corrected chi connectivity index (χ4v) is 0. The van der Waals surface area contributed by atoms with Crippen molar-refractivity contribution in [1.29, 1.82) is 0 Å². The summed E-state index contributed by atoms with van der Waals surface area (Å²) in [4.78, 5) is 8.99. The predicted octanol–water partition coefficient (Wildman–Crippen LogP) is 0.671. The molecule has 0 aromatic heterocycles. The maximum Gasteiger partial charge on any atom is 0.207 e. The summed E-state index contributed by atoms with van der Waals surface area (Å²) in [6.07, 6.45) is 0. The Morgan fingerprint density at radius 2 is 2.17 bits per heavy atom. The average Bonchev–Trinajstić information content (AvgIpc) is 1.31. The van der Waals surface area contributed by atoms with Gasteiger partial charge in [0.1, 0.15) is 1.37 Å². The zero-order chi connectivity index (χ0) is 6.08. The summed E-state index contributed by atoms with van der Waals surface area (Å²) < 4.78 is 6.69. The Balaban J connectivity index is 3.79. The minimum absolute atomic E-state index is 0.646. The quantitative estimate of drug-likeness (QED) is 0.351. The molecule has 0 saturated heterocycles. The Labute approximate surface area is 37.5 Å². The summed E-state index contributed by atoms with van der Waals surface area (Å²) in [5.74, 6) is 0. The van der Waals surface area contributed by atoms with E-state index in [4.69, 9.17) is 1.37 Å². The molecule has 0 bridgehead atoms. The van der Waals surface area contributed by atoms with Crippen LogP contribution in [0.15, 0.2) is 0 Å². The van der Waals surface area contributed by atoms with Crippen molar-refractivity contribution in [3.63, 3.8) is 0 Å². The molecule has 0 amide bonds. The van der Waals surface area contributed by atoms with Crippen molar-refractivity contribution in [2.24, 2.45) is 0 Å². The van der Waals surface area contributed by atoms with Crippen LogP contribution in [0.25, 0.3) is 0 Å². The van der Waals surface area contributed by atoms with Crippen molar-refractivity contribution in [3.05, 3.63) is 10.1 Å². The van der Waals surface area contributed by atoms with E-state index < -0.39 is 10.9 Å². The largest absolute Gasteiger partial charge is 0.264 e. The van der Waals surface area contributed by atoms with Gasteiger partial charge in [-0.1, -0.05) is 0 Å². The maximum absolute atomic E-state index is 9.64. The molecule has 6 heavy (non-hydrogen) atoms. The standard InChI is InChI=1S/C3H7NO2/c1-3(2)4(5)6/h3H,1-2H3/i3T. The Bertz CT molecular complexity index is 85.4. The second kappa shape index (κ2) is 1.74. The molecule has 0 unspecified atom stereocenters. The lowest BCUT2D eigenvalue weighted by Crippen LogP contribution is -2.08. The summed E-state index contributed by atoms with van der Waals surface area (Å²) in [7, 11) is 0. The fraction of sp³-hybridized carbons (Fsp3) is 1.00. The van der Waals surface area contributed by atoms with Crippen molar-refractivity contribution >= 4 is 0 Å². The van der Waals surface area contributed by atoms with Gasteiger partial charge in [-0.05, 0) is 0 Å². The fourth-order valence-electron chi connectivity index (χ4n) is 0. The van der Waals surface area contributed by atoms with Gasteiger partial charge in [-0.15, -0.1) is 0 Å². The molecule has 0 radical (unpaired) electrons. The first-order chi connectivity index (χ1) is 2.94. The third-order valence-corrected chi connectivity index (χ3v) is 0.365. The number of nitrogens with zero attached hydrogens (tertiary/aromatic N) is 1. The first-order valence-electron chi connectivity index (χ1n) is 2.09. The van der Waals surface area contributed by atoms with Crippen LogP contribution in [0.1, 0.15) is 15.2 Å². The summed E-state index contributed by atoms with van der Waals surface area (Å²) in [6.45, 7) is 2.46. The second-order valence-electron chi connectivity index (χ2n) is 1.20. The SMILES string of the molecule is [3H]C(C)(C)[N+](=O)[O-]. The van der Waals surface area contributed by atoms with Gasteiger partial charge in [-0.2, -0.15) is 0 Å². The highest BCUT2D eigenvalue weighted by atomic mass is 16.6. The normalized spacial score (nSPS) is 13.3. The van der Waals surface area contributed by atoms with Gasteiger partial charge in [0.15, 0.2) is 0 Å². The highest BCUT2D eigenvalue weighted by Gasteiger charge is 1.99. The first kappa shape index (κ1) is 3.59. The van der Waals surface area contributed by atoms with Crippen molar-refractivity contribution in [2.45, 2.75) is 19.9 Å². The Morgan fingerprint density at radius 3 is 2.17 bits per heavy atom. The van der Waals surface area contributed by atoms with E-state index in [1.54, 1.807) is 0 Å². The summed E-state index contributed by atoms with van der Waals surface area (Å²) in [6, 6.07) is -1.53. The molecule has 0 fully saturated rings. The highest BCUT2D eigenvalue weighted by Crippen LogP contribution is 1.79. The van der Waals surface area contributed by atoms with E-state index in [2.05, 4.69) is 0 Å². The van der Waals surface area contributed by atoms with Gasteiger partial charge in [0.25, 0.3) is 0 Å². The Morgan fingerprint density at radius 1 is 2.00 bits per heavy atom. The lowest BCUT2D eigenvalue weighted by Gasteiger charge is -1.88. The molecule has 0 spiro atoms. The van der Waals surface area contributed by atoms with E-state index in [0.29, 0.717) is 0 Å². The molecule has 0 aliphatic carbocycles. The van der Waals surface area contributed by atoms with Gasteiger partial charge in [0.05, 0.1) is 0 Å². The second-order valence-corrected chi connectivity index (χ2v) is 1.20. The van der Waals surface area contributed by atoms with Crippen molar-refractivity contribution in [3.8, 4) is 0 Å². The van der Waals surface area contributed by atoms with E-state index in [1.165, 1.54) is 13.8 Å². The molecule has 3 nitrogen and oxygen atoms in total. The maximum atomic E-state index is 9.64. The van der Waals surface area contributed by atoms with Gasteiger partial charge >= 0.3 is 0 Å². The van der Waals surface area contributed by atoms with Gasteiger partial charge < -0.3 is 0 Å². The van der Waals surface area contributed by atoms with Gasteiger partial charge in [-0.3, -0.25) is 10.1 Å². The van der Waals surface area contributed by atoms with Gasteiger partial charge in [0.2, 0.25) is 6.02 Å². The van der Waals surface area contributed by atoms with E-state index in [9.17, 15) is 10.1 Å². The van der Waals surface area contributed by atoms with Gasteiger partial charge in [0, 0.05) is 18.8 Å². The minimum atomic E-state index is -1.53. The van der Waals surface area contributed by atoms with E-state index in [-0.39, 0.29) is 0 Å². The van der Waals surface area contributed by atoms with Crippen LogP contribution in [0.5, 0.6) is 0 Å². The van der Waals surface area contributed by atoms with Crippen LogP contribution in [0, 0.1) is 10.1 Å². The van der Waals surface area contributed by atoms with Crippen LogP contribution >= 0.6 is 0 Å². The van der Waals surface area contributed by atoms with Crippen molar-refractivity contribution in [1.82, 2.24) is 0 Å². The average molecular weight is 91.1 g/mol. The zero-order valence-corrected chi connectivity index (χ0v) is 3.76. The van der Waals surface area contributed by atoms with Crippen LogP contribution < -0.4 is 0 Å². The molecule has 0 atom stereocenters. The number of hydrogen-bond acceptors (Lipinski definition) is 2. The van der Waals surface area contributed by atoms with Crippen LogP contribution in [0.2, 0.25) is 0 Å². The third kappa shape index (κ3) is 1.69. The number of hydrogen-bond donors (Lipinski definition) is 0. The lowest BCUT2D eigenvalue weighted by atomic mass is 10.4. The topological polar surface area (TPSA) is 43.1 Å². The molecule has 0 aromatic carbocycles. The number of nitro groups is 1. The molecule has 0 aliphatic heterocycles. The molecular formula is C3H7NO2. The van der Waals surface area contributed by atoms with E-state index in [1.807, 2.05) is 0 Å². The molecule has 0 saturated carbocycles. The lowest BCUT2D eigenvalue weighted by molar-refractivity contribution is -0.513. The molecule has 3 heteroatoms. The zero-order valence-electron chi connectivity index (χ0n) is 4.76. The monoisotopic (exact) mass is 91.1 g/mol.